The number of nitrogens with zero attached hydrogens (tertiary/aromatic N) is 3. The van der Waals surface area contributed by atoms with Gasteiger partial charge in [-0.25, -0.2) is 9.97 Å². The third-order valence-electron chi connectivity index (χ3n) is 9.61. The van der Waals surface area contributed by atoms with Gasteiger partial charge in [-0.05, 0) is 58.7 Å². The van der Waals surface area contributed by atoms with Crippen molar-refractivity contribution in [3.05, 3.63) is 176 Å². The zero-order chi connectivity index (χ0) is 33.0. The molecule has 10 rings (SSSR count). The lowest BCUT2D eigenvalue weighted by Gasteiger charge is -2.12. The maximum absolute atomic E-state index is 5.42. The number of thiophene rings is 1. The van der Waals surface area contributed by atoms with Gasteiger partial charge >= 0.3 is 0 Å². The molecule has 0 aliphatic heterocycles. The van der Waals surface area contributed by atoms with Gasteiger partial charge in [0.1, 0.15) is 0 Å². The van der Waals surface area contributed by atoms with Crippen molar-refractivity contribution in [1.82, 2.24) is 14.5 Å². The van der Waals surface area contributed by atoms with E-state index in [9.17, 15) is 0 Å². The molecule has 0 bridgehead atoms. The molecule has 0 aliphatic rings. The van der Waals surface area contributed by atoms with E-state index in [0.29, 0.717) is 5.82 Å². The van der Waals surface area contributed by atoms with Crippen molar-refractivity contribution < 1.29 is 0 Å². The third-order valence-corrected chi connectivity index (χ3v) is 10.8. The predicted molar refractivity (Wildman–Crippen MR) is 211 cm³/mol. The maximum atomic E-state index is 5.42. The molecular formula is C46H29N3S. The first kappa shape index (κ1) is 28.6. The van der Waals surface area contributed by atoms with E-state index in [1.54, 1.807) is 11.3 Å². The molecule has 50 heavy (non-hydrogen) atoms. The fourth-order valence-electron chi connectivity index (χ4n) is 7.33. The molecule has 0 fully saturated rings. The molecule has 0 amide bonds. The zero-order valence-electron chi connectivity index (χ0n) is 27.0. The molecule has 3 aromatic heterocycles. The summed E-state index contributed by atoms with van der Waals surface area (Å²) in [5.74, 6) is 0.711. The van der Waals surface area contributed by atoms with Crippen molar-refractivity contribution >= 4 is 53.4 Å². The number of hydrogen-bond donors (Lipinski definition) is 0. The fourth-order valence-corrected chi connectivity index (χ4v) is 8.51. The normalized spacial score (nSPS) is 11.6. The summed E-state index contributed by atoms with van der Waals surface area (Å²) in [7, 11) is 0. The van der Waals surface area contributed by atoms with Gasteiger partial charge in [-0.15, -0.1) is 11.3 Å². The average molecular weight is 656 g/mol. The number of aromatic nitrogens is 3. The van der Waals surface area contributed by atoms with Gasteiger partial charge < -0.3 is 4.57 Å². The summed E-state index contributed by atoms with van der Waals surface area (Å²) in [5.41, 5.74) is 12.1. The van der Waals surface area contributed by atoms with Crippen LogP contribution in [-0.2, 0) is 0 Å². The van der Waals surface area contributed by atoms with Gasteiger partial charge in [0.25, 0.3) is 0 Å². The first-order valence-electron chi connectivity index (χ1n) is 16.8. The van der Waals surface area contributed by atoms with Crippen molar-refractivity contribution in [1.29, 1.82) is 0 Å². The Kier molecular flexibility index (Phi) is 6.68. The molecule has 0 spiro atoms. The largest absolute Gasteiger partial charge is 0.309 e. The van der Waals surface area contributed by atoms with Gasteiger partial charge in [-0.3, -0.25) is 0 Å². The summed E-state index contributed by atoms with van der Waals surface area (Å²) in [6.45, 7) is 0. The smallest absolute Gasteiger partial charge is 0.160 e. The van der Waals surface area contributed by atoms with E-state index < -0.39 is 0 Å². The topological polar surface area (TPSA) is 30.7 Å². The zero-order valence-corrected chi connectivity index (χ0v) is 27.8. The summed E-state index contributed by atoms with van der Waals surface area (Å²) in [6.07, 6.45) is 0. The summed E-state index contributed by atoms with van der Waals surface area (Å²) in [6, 6.07) is 62.4. The highest BCUT2D eigenvalue weighted by molar-refractivity contribution is 7.26. The van der Waals surface area contributed by atoms with Crippen LogP contribution in [0.2, 0.25) is 0 Å². The Morgan fingerprint density at radius 2 is 1.04 bits per heavy atom. The molecule has 7 aromatic carbocycles. The van der Waals surface area contributed by atoms with Gasteiger partial charge in [0, 0.05) is 37.7 Å². The van der Waals surface area contributed by atoms with Crippen LogP contribution in [0.4, 0.5) is 0 Å². The Morgan fingerprint density at radius 1 is 0.440 bits per heavy atom. The van der Waals surface area contributed by atoms with E-state index in [1.165, 1.54) is 48.6 Å². The Labute approximate surface area is 293 Å². The minimum absolute atomic E-state index is 0.711. The SMILES string of the molecule is c1ccc(-c2cccc(-c3nc(-c4cccc(-n5c6ccccc6c6ccccc65)c4)nc4c3sc3cccc(-c5ccccc5)c34)c2)cc1. The quantitative estimate of drug-likeness (QED) is 0.185. The van der Waals surface area contributed by atoms with Crippen LogP contribution in [0.3, 0.4) is 0 Å². The number of benzene rings is 7. The van der Waals surface area contributed by atoms with E-state index in [2.05, 4.69) is 180 Å². The first-order chi connectivity index (χ1) is 24.8. The molecule has 0 saturated carbocycles. The van der Waals surface area contributed by atoms with Crippen LogP contribution in [0.1, 0.15) is 0 Å². The van der Waals surface area contributed by atoms with Crippen LogP contribution in [-0.4, -0.2) is 14.5 Å². The first-order valence-corrected chi connectivity index (χ1v) is 17.7. The molecule has 234 valence electrons. The van der Waals surface area contributed by atoms with Gasteiger partial charge in [0.05, 0.1) is 26.9 Å². The Hall–Kier alpha value is -6.36. The standard InChI is InChI=1S/C46H29N3S/c1-3-14-30(15-4-1)32-18-11-19-33(28-32)43-45-44(42-36(24-13-27-41(42)50-45)31-16-5-2-6-17-31)48-46(47-43)34-20-12-21-35(29-34)49-39-25-9-7-22-37(39)38-23-8-10-26-40(38)49/h1-29H. The van der Waals surface area contributed by atoms with Crippen LogP contribution in [0, 0.1) is 0 Å². The molecule has 0 unspecified atom stereocenters. The van der Waals surface area contributed by atoms with Gasteiger partial charge in [0.2, 0.25) is 0 Å². The lowest BCUT2D eigenvalue weighted by atomic mass is 9.99. The summed E-state index contributed by atoms with van der Waals surface area (Å²) < 4.78 is 4.65. The molecule has 0 N–H and O–H groups in total. The van der Waals surface area contributed by atoms with Crippen molar-refractivity contribution in [2.75, 3.05) is 0 Å². The highest BCUT2D eigenvalue weighted by atomic mass is 32.1. The summed E-state index contributed by atoms with van der Waals surface area (Å²) >= 11 is 1.77. The Bertz CT molecular complexity index is 2810. The molecule has 3 nitrogen and oxygen atoms in total. The second kappa shape index (κ2) is 11.7. The minimum Gasteiger partial charge on any atom is -0.309 e. The highest BCUT2D eigenvalue weighted by Crippen LogP contribution is 2.44. The van der Waals surface area contributed by atoms with Crippen LogP contribution in [0.5, 0.6) is 0 Å². The number of rotatable bonds is 5. The van der Waals surface area contributed by atoms with Crippen LogP contribution in [0.25, 0.3) is 92.7 Å². The van der Waals surface area contributed by atoms with Crippen molar-refractivity contribution in [3.8, 4) is 50.6 Å². The van der Waals surface area contributed by atoms with Gasteiger partial charge in [-0.1, -0.05) is 140 Å². The Balaban J connectivity index is 1.24. The van der Waals surface area contributed by atoms with E-state index in [-0.39, 0.29) is 0 Å². The lowest BCUT2D eigenvalue weighted by Crippen LogP contribution is -1.97. The molecule has 0 aliphatic carbocycles. The van der Waals surface area contributed by atoms with E-state index in [4.69, 9.17) is 9.97 Å². The lowest BCUT2D eigenvalue weighted by molar-refractivity contribution is 1.17. The van der Waals surface area contributed by atoms with Crippen molar-refractivity contribution in [2.24, 2.45) is 0 Å². The minimum atomic E-state index is 0.711. The van der Waals surface area contributed by atoms with Crippen molar-refractivity contribution in [2.45, 2.75) is 0 Å². The fraction of sp³-hybridized carbons (Fsp3) is 0. The van der Waals surface area contributed by atoms with E-state index in [0.717, 1.165) is 38.3 Å². The van der Waals surface area contributed by atoms with Crippen LogP contribution >= 0.6 is 11.3 Å². The van der Waals surface area contributed by atoms with Gasteiger partial charge in [0.15, 0.2) is 5.82 Å². The number of fused-ring (bicyclic) bond motifs is 6. The second-order valence-corrected chi connectivity index (χ2v) is 13.6. The van der Waals surface area contributed by atoms with Gasteiger partial charge in [-0.2, -0.15) is 0 Å². The molecule has 10 aromatic rings. The van der Waals surface area contributed by atoms with Crippen LogP contribution in [0.15, 0.2) is 176 Å². The Morgan fingerprint density at radius 3 is 1.80 bits per heavy atom. The summed E-state index contributed by atoms with van der Waals surface area (Å²) in [5, 5.41) is 3.65. The molecule has 4 heteroatoms. The average Bonchev–Trinajstić information content (AvgIpc) is 3.74. The molecular weight excluding hydrogens is 627 g/mol. The molecule has 0 radical (unpaired) electrons. The molecule has 0 saturated heterocycles. The predicted octanol–water partition coefficient (Wildman–Crippen LogP) is 12.6. The van der Waals surface area contributed by atoms with Crippen molar-refractivity contribution in [3.63, 3.8) is 0 Å². The molecule has 0 atom stereocenters. The third kappa shape index (κ3) is 4.65. The van der Waals surface area contributed by atoms with Crippen LogP contribution < -0.4 is 0 Å². The van der Waals surface area contributed by atoms with E-state index in [1.807, 2.05) is 0 Å². The maximum Gasteiger partial charge on any atom is 0.160 e. The second-order valence-electron chi connectivity index (χ2n) is 12.6. The highest BCUT2D eigenvalue weighted by Gasteiger charge is 2.20. The number of hydrogen-bond acceptors (Lipinski definition) is 3. The molecule has 3 heterocycles. The van der Waals surface area contributed by atoms with E-state index >= 15 is 0 Å². The monoisotopic (exact) mass is 655 g/mol. The summed E-state index contributed by atoms with van der Waals surface area (Å²) in [4.78, 5) is 10.8. The number of para-hydroxylation sites is 2.